The number of hydrogen-bond donors (Lipinski definition) is 5. The van der Waals surface area contributed by atoms with Crippen LogP contribution in [-0.4, -0.2) is 63.2 Å². The molecule has 0 radical (unpaired) electrons. The van der Waals surface area contributed by atoms with Gasteiger partial charge in [-0.05, 0) is 18.6 Å². The standard InChI is InChI=1S/C13H20O6/c1-8-2-4-9(5-3-8)19-7-11(16)13(18)12(17)10(15)6-14/h2,4-5,10-18H,1,3,6-7H2. The van der Waals surface area contributed by atoms with Crippen molar-refractivity contribution in [2.24, 2.45) is 0 Å². The molecule has 0 heterocycles. The van der Waals surface area contributed by atoms with Crippen LogP contribution >= 0.6 is 0 Å². The molecule has 0 spiro atoms. The molecule has 0 saturated carbocycles. The molecule has 0 amide bonds. The van der Waals surface area contributed by atoms with Crippen molar-refractivity contribution in [1.29, 1.82) is 0 Å². The van der Waals surface area contributed by atoms with Crippen molar-refractivity contribution >= 4 is 0 Å². The maximum Gasteiger partial charge on any atom is 0.117 e. The van der Waals surface area contributed by atoms with Crippen LogP contribution in [0.15, 0.2) is 36.1 Å². The van der Waals surface area contributed by atoms with E-state index >= 15 is 0 Å². The molecule has 19 heavy (non-hydrogen) atoms. The number of aliphatic hydroxyl groups excluding tert-OH is 5. The van der Waals surface area contributed by atoms with Crippen LogP contribution in [0.25, 0.3) is 0 Å². The van der Waals surface area contributed by atoms with Crippen molar-refractivity contribution in [3.05, 3.63) is 36.1 Å². The molecule has 0 bridgehead atoms. The van der Waals surface area contributed by atoms with Crippen molar-refractivity contribution in [2.75, 3.05) is 13.2 Å². The monoisotopic (exact) mass is 272 g/mol. The van der Waals surface area contributed by atoms with Gasteiger partial charge in [-0.25, -0.2) is 0 Å². The van der Waals surface area contributed by atoms with Crippen LogP contribution in [0, 0.1) is 0 Å². The van der Waals surface area contributed by atoms with Gasteiger partial charge in [-0.1, -0.05) is 18.2 Å². The topological polar surface area (TPSA) is 110 Å². The smallest absolute Gasteiger partial charge is 0.117 e. The quantitative estimate of drug-likeness (QED) is 0.400. The highest BCUT2D eigenvalue weighted by molar-refractivity contribution is 5.30. The Bertz CT molecular complexity index is 362. The Morgan fingerprint density at radius 3 is 2.26 bits per heavy atom. The highest BCUT2D eigenvalue weighted by Crippen LogP contribution is 2.15. The van der Waals surface area contributed by atoms with Crippen LogP contribution in [0.4, 0.5) is 0 Å². The number of ether oxygens (including phenoxy) is 1. The van der Waals surface area contributed by atoms with Gasteiger partial charge < -0.3 is 30.3 Å². The molecule has 5 N–H and O–H groups in total. The Morgan fingerprint density at radius 2 is 1.74 bits per heavy atom. The van der Waals surface area contributed by atoms with E-state index in [1.165, 1.54) is 0 Å². The molecule has 1 aliphatic carbocycles. The van der Waals surface area contributed by atoms with Gasteiger partial charge in [-0.15, -0.1) is 0 Å². The zero-order valence-corrected chi connectivity index (χ0v) is 10.5. The summed E-state index contributed by atoms with van der Waals surface area (Å²) in [5, 5.41) is 46.4. The summed E-state index contributed by atoms with van der Waals surface area (Å²) in [6, 6.07) is 0. The molecule has 6 heteroatoms. The van der Waals surface area contributed by atoms with E-state index in [4.69, 9.17) is 14.9 Å². The molecule has 0 aromatic heterocycles. The SMILES string of the molecule is C=C1C=CC(OCC(O)C(O)C(O)C(O)CO)=CC1. The van der Waals surface area contributed by atoms with Crippen molar-refractivity contribution < 1.29 is 30.3 Å². The summed E-state index contributed by atoms with van der Waals surface area (Å²) in [5.41, 5.74) is 0.939. The summed E-state index contributed by atoms with van der Waals surface area (Å²) in [6.07, 6.45) is -0.245. The summed E-state index contributed by atoms with van der Waals surface area (Å²) in [5.74, 6) is 0.538. The third kappa shape index (κ3) is 4.77. The van der Waals surface area contributed by atoms with Crippen molar-refractivity contribution in [3.63, 3.8) is 0 Å². The molecular weight excluding hydrogens is 252 g/mol. The second kappa shape index (κ2) is 7.42. The largest absolute Gasteiger partial charge is 0.491 e. The van der Waals surface area contributed by atoms with E-state index in [1.807, 2.05) is 0 Å². The summed E-state index contributed by atoms with van der Waals surface area (Å²) >= 11 is 0. The third-order valence-electron chi connectivity index (χ3n) is 2.79. The molecule has 1 aliphatic rings. The van der Waals surface area contributed by atoms with Gasteiger partial charge in [-0.2, -0.15) is 0 Å². The lowest BCUT2D eigenvalue weighted by molar-refractivity contribution is -0.125. The lowest BCUT2D eigenvalue weighted by Crippen LogP contribution is -2.47. The molecule has 4 unspecified atom stereocenters. The maximum atomic E-state index is 9.62. The Labute approximate surface area is 111 Å². The fourth-order valence-electron chi connectivity index (χ4n) is 1.52. The lowest BCUT2D eigenvalue weighted by atomic mass is 10.0. The Morgan fingerprint density at radius 1 is 1.11 bits per heavy atom. The normalized spacial score (nSPS) is 21.5. The van der Waals surface area contributed by atoms with Crippen LogP contribution < -0.4 is 0 Å². The summed E-state index contributed by atoms with van der Waals surface area (Å²) in [6.45, 7) is 2.82. The fourth-order valence-corrected chi connectivity index (χ4v) is 1.52. The minimum absolute atomic E-state index is 0.237. The van der Waals surface area contributed by atoms with Crippen LogP contribution in [-0.2, 0) is 4.74 Å². The molecule has 0 aliphatic heterocycles. The first-order valence-electron chi connectivity index (χ1n) is 5.97. The van der Waals surface area contributed by atoms with E-state index in [0.717, 1.165) is 5.57 Å². The minimum Gasteiger partial charge on any atom is -0.491 e. The lowest BCUT2D eigenvalue weighted by Gasteiger charge is -2.25. The molecule has 0 fully saturated rings. The van der Waals surface area contributed by atoms with E-state index in [9.17, 15) is 15.3 Å². The maximum absolute atomic E-state index is 9.62. The van der Waals surface area contributed by atoms with Gasteiger partial charge in [-0.3, -0.25) is 0 Å². The van der Waals surface area contributed by atoms with Crippen LogP contribution in [0.3, 0.4) is 0 Å². The average molecular weight is 272 g/mol. The van der Waals surface area contributed by atoms with E-state index in [1.54, 1.807) is 18.2 Å². The van der Waals surface area contributed by atoms with Crippen molar-refractivity contribution in [2.45, 2.75) is 30.8 Å². The number of rotatable bonds is 7. The van der Waals surface area contributed by atoms with Crippen molar-refractivity contribution in [1.82, 2.24) is 0 Å². The Kier molecular flexibility index (Phi) is 6.20. The van der Waals surface area contributed by atoms with Crippen LogP contribution in [0.1, 0.15) is 6.42 Å². The first kappa shape index (κ1) is 15.9. The van der Waals surface area contributed by atoms with E-state index in [0.29, 0.717) is 12.2 Å². The highest BCUT2D eigenvalue weighted by atomic mass is 16.5. The molecular formula is C13H20O6. The highest BCUT2D eigenvalue weighted by Gasteiger charge is 2.30. The predicted octanol–water partition coefficient (Wildman–Crippen LogP) is -1.16. The molecule has 6 nitrogen and oxygen atoms in total. The number of aliphatic hydroxyl groups is 5. The van der Waals surface area contributed by atoms with E-state index < -0.39 is 31.0 Å². The second-order valence-electron chi connectivity index (χ2n) is 4.41. The van der Waals surface area contributed by atoms with Crippen LogP contribution in [0.5, 0.6) is 0 Å². The summed E-state index contributed by atoms with van der Waals surface area (Å²) in [4.78, 5) is 0. The number of allylic oxidation sites excluding steroid dienone is 4. The minimum atomic E-state index is -1.64. The zero-order chi connectivity index (χ0) is 14.4. The van der Waals surface area contributed by atoms with Gasteiger partial charge in [0.05, 0.1) is 6.61 Å². The molecule has 1 rings (SSSR count). The zero-order valence-electron chi connectivity index (χ0n) is 10.5. The van der Waals surface area contributed by atoms with E-state index in [2.05, 4.69) is 6.58 Å². The fraction of sp³-hybridized carbons (Fsp3) is 0.538. The van der Waals surface area contributed by atoms with Gasteiger partial charge in [0, 0.05) is 0 Å². The number of hydrogen-bond acceptors (Lipinski definition) is 6. The molecule has 108 valence electrons. The van der Waals surface area contributed by atoms with Gasteiger partial charge in [0.1, 0.15) is 36.8 Å². The van der Waals surface area contributed by atoms with Gasteiger partial charge in [0.2, 0.25) is 0 Å². The van der Waals surface area contributed by atoms with Crippen LogP contribution in [0.2, 0.25) is 0 Å². The third-order valence-corrected chi connectivity index (χ3v) is 2.79. The van der Waals surface area contributed by atoms with Crippen molar-refractivity contribution in [3.8, 4) is 0 Å². The van der Waals surface area contributed by atoms with Gasteiger partial charge in [0.25, 0.3) is 0 Å². The second-order valence-corrected chi connectivity index (χ2v) is 4.41. The molecule has 0 aromatic carbocycles. The average Bonchev–Trinajstić information content (AvgIpc) is 2.43. The van der Waals surface area contributed by atoms with Gasteiger partial charge >= 0.3 is 0 Å². The Balaban J connectivity index is 2.40. The molecule has 0 aromatic rings. The molecule has 0 saturated heterocycles. The summed E-state index contributed by atoms with van der Waals surface area (Å²) < 4.78 is 5.25. The summed E-state index contributed by atoms with van der Waals surface area (Å²) in [7, 11) is 0. The first-order valence-corrected chi connectivity index (χ1v) is 5.97. The molecule has 4 atom stereocenters. The Hall–Kier alpha value is -1.18. The first-order chi connectivity index (χ1) is 8.95. The predicted molar refractivity (Wildman–Crippen MR) is 68.0 cm³/mol. The van der Waals surface area contributed by atoms with Gasteiger partial charge in [0.15, 0.2) is 0 Å². The van der Waals surface area contributed by atoms with E-state index in [-0.39, 0.29) is 6.61 Å².